The average Bonchev–Trinajstić information content (AvgIpc) is 2.74. The van der Waals surface area contributed by atoms with Gasteiger partial charge < -0.3 is 15.5 Å². The molecule has 0 aromatic heterocycles. The molecule has 0 bridgehead atoms. The number of hydrogen-bond donors (Lipinski definition) is 2. The summed E-state index contributed by atoms with van der Waals surface area (Å²) in [6, 6.07) is 16.1. The first kappa shape index (κ1) is 19.8. The van der Waals surface area contributed by atoms with E-state index in [-0.39, 0.29) is 12.4 Å². The van der Waals surface area contributed by atoms with Gasteiger partial charge in [-0.05, 0) is 29.8 Å². The van der Waals surface area contributed by atoms with E-state index in [2.05, 4.69) is 32.6 Å². The molecule has 2 N–H and O–H groups in total. The Hall–Kier alpha value is -2.93. The Morgan fingerprint density at radius 3 is 2.18 bits per heavy atom. The Bertz CT molecular complexity index is 775. The SMILES string of the molecule is O=C(NCCN1CCN(c2ccccc2)CC1)C(=O)NCc1ccc(F)cc1. The highest BCUT2D eigenvalue weighted by molar-refractivity contribution is 6.35. The van der Waals surface area contributed by atoms with E-state index >= 15 is 0 Å². The fourth-order valence-electron chi connectivity index (χ4n) is 3.14. The summed E-state index contributed by atoms with van der Waals surface area (Å²) in [6.07, 6.45) is 0. The molecule has 0 radical (unpaired) electrons. The average molecular weight is 384 g/mol. The van der Waals surface area contributed by atoms with Crippen molar-refractivity contribution in [3.63, 3.8) is 0 Å². The van der Waals surface area contributed by atoms with Crippen LogP contribution in [0.5, 0.6) is 0 Å². The molecule has 0 saturated carbocycles. The number of nitrogens with one attached hydrogen (secondary N) is 2. The monoisotopic (exact) mass is 384 g/mol. The van der Waals surface area contributed by atoms with Gasteiger partial charge in [0.15, 0.2) is 0 Å². The van der Waals surface area contributed by atoms with Crippen molar-refractivity contribution < 1.29 is 14.0 Å². The second-order valence-corrected chi connectivity index (χ2v) is 6.73. The predicted molar refractivity (Wildman–Crippen MR) is 106 cm³/mol. The van der Waals surface area contributed by atoms with Gasteiger partial charge in [-0.15, -0.1) is 0 Å². The van der Waals surface area contributed by atoms with E-state index in [4.69, 9.17) is 0 Å². The number of hydrogen-bond acceptors (Lipinski definition) is 4. The zero-order valence-electron chi connectivity index (χ0n) is 15.7. The van der Waals surface area contributed by atoms with Crippen LogP contribution in [0.25, 0.3) is 0 Å². The third kappa shape index (κ3) is 5.79. The number of rotatable bonds is 6. The Morgan fingerprint density at radius 1 is 0.857 bits per heavy atom. The highest BCUT2D eigenvalue weighted by atomic mass is 19.1. The maximum atomic E-state index is 12.9. The van der Waals surface area contributed by atoms with Crippen LogP contribution < -0.4 is 15.5 Å². The summed E-state index contributed by atoms with van der Waals surface area (Å²) >= 11 is 0. The van der Waals surface area contributed by atoms with Crippen LogP contribution in [-0.2, 0) is 16.1 Å². The maximum absolute atomic E-state index is 12.9. The Kier molecular flexibility index (Phi) is 6.97. The second-order valence-electron chi connectivity index (χ2n) is 6.73. The molecule has 1 saturated heterocycles. The summed E-state index contributed by atoms with van der Waals surface area (Å²) in [5.41, 5.74) is 1.96. The predicted octanol–water partition coefficient (Wildman–Crippen LogP) is 1.38. The van der Waals surface area contributed by atoms with Crippen molar-refractivity contribution in [3.05, 3.63) is 66.0 Å². The molecular weight excluding hydrogens is 359 g/mol. The number of anilines is 1. The number of benzene rings is 2. The van der Waals surface area contributed by atoms with Crippen LogP contribution in [0.15, 0.2) is 54.6 Å². The van der Waals surface area contributed by atoms with E-state index in [1.807, 2.05) is 18.2 Å². The van der Waals surface area contributed by atoms with Gasteiger partial charge in [0.05, 0.1) is 0 Å². The molecule has 0 spiro atoms. The van der Waals surface area contributed by atoms with Crippen LogP contribution in [0.3, 0.4) is 0 Å². The fourth-order valence-corrected chi connectivity index (χ4v) is 3.14. The van der Waals surface area contributed by atoms with Gasteiger partial charge in [0.2, 0.25) is 0 Å². The minimum absolute atomic E-state index is 0.188. The topological polar surface area (TPSA) is 64.7 Å². The zero-order chi connectivity index (χ0) is 19.8. The van der Waals surface area contributed by atoms with Crippen molar-refractivity contribution in [2.45, 2.75) is 6.54 Å². The lowest BCUT2D eigenvalue weighted by Crippen LogP contribution is -2.49. The molecule has 1 fully saturated rings. The summed E-state index contributed by atoms with van der Waals surface area (Å²) in [5.74, 6) is -1.67. The van der Waals surface area contributed by atoms with Gasteiger partial charge in [-0.2, -0.15) is 0 Å². The van der Waals surface area contributed by atoms with E-state index in [9.17, 15) is 14.0 Å². The first-order chi connectivity index (χ1) is 13.6. The molecule has 7 heteroatoms. The first-order valence-corrected chi connectivity index (χ1v) is 9.44. The van der Waals surface area contributed by atoms with E-state index in [0.29, 0.717) is 13.1 Å². The molecule has 2 aromatic rings. The molecule has 1 aliphatic heterocycles. The smallest absolute Gasteiger partial charge is 0.309 e. The van der Waals surface area contributed by atoms with Gasteiger partial charge >= 0.3 is 11.8 Å². The van der Waals surface area contributed by atoms with Crippen LogP contribution in [-0.4, -0.2) is 56.0 Å². The largest absolute Gasteiger partial charge is 0.369 e. The molecule has 0 atom stereocenters. The molecule has 6 nitrogen and oxygen atoms in total. The van der Waals surface area contributed by atoms with E-state index in [0.717, 1.165) is 31.7 Å². The van der Waals surface area contributed by atoms with Gasteiger partial charge in [0, 0.05) is 51.5 Å². The maximum Gasteiger partial charge on any atom is 0.309 e. The van der Waals surface area contributed by atoms with Crippen LogP contribution in [0, 0.1) is 5.82 Å². The lowest BCUT2D eigenvalue weighted by molar-refractivity contribution is -0.139. The Balaban J connectivity index is 1.32. The van der Waals surface area contributed by atoms with Crippen molar-refractivity contribution in [2.75, 3.05) is 44.2 Å². The van der Waals surface area contributed by atoms with Crippen molar-refractivity contribution in [2.24, 2.45) is 0 Å². The number of carbonyl (C=O) groups excluding carboxylic acids is 2. The Morgan fingerprint density at radius 2 is 1.50 bits per heavy atom. The number of carbonyl (C=O) groups is 2. The number of amides is 2. The number of piperazine rings is 1. The third-order valence-corrected chi connectivity index (χ3v) is 4.78. The molecule has 3 rings (SSSR count). The fraction of sp³-hybridized carbons (Fsp3) is 0.333. The van der Waals surface area contributed by atoms with Crippen molar-refractivity contribution in [1.29, 1.82) is 0 Å². The minimum atomic E-state index is -0.682. The van der Waals surface area contributed by atoms with Gasteiger partial charge in [-0.25, -0.2) is 4.39 Å². The van der Waals surface area contributed by atoms with Gasteiger partial charge in [-0.1, -0.05) is 30.3 Å². The molecule has 2 amide bonds. The molecule has 1 aliphatic rings. The summed E-state index contributed by atoms with van der Waals surface area (Å²) in [7, 11) is 0. The summed E-state index contributed by atoms with van der Waals surface area (Å²) in [6.45, 7) is 5.04. The number of para-hydroxylation sites is 1. The van der Waals surface area contributed by atoms with Crippen molar-refractivity contribution >= 4 is 17.5 Å². The van der Waals surface area contributed by atoms with E-state index < -0.39 is 11.8 Å². The molecule has 148 valence electrons. The second kappa shape index (κ2) is 9.85. The lowest BCUT2D eigenvalue weighted by atomic mass is 10.2. The molecule has 28 heavy (non-hydrogen) atoms. The molecule has 0 unspecified atom stereocenters. The van der Waals surface area contributed by atoms with Crippen molar-refractivity contribution in [1.82, 2.24) is 15.5 Å². The standard InChI is InChI=1S/C21H25FN4O2/c22-18-8-6-17(7-9-18)16-24-21(28)20(27)23-10-11-25-12-14-26(15-13-25)19-4-2-1-3-5-19/h1-9H,10-16H2,(H,23,27)(H,24,28). The summed E-state index contributed by atoms with van der Waals surface area (Å²) in [4.78, 5) is 28.4. The van der Waals surface area contributed by atoms with Gasteiger partial charge in [0.1, 0.15) is 5.82 Å². The van der Waals surface area contributed by atoms with E-state index in [1.165, 1.54) is 17.8 Å². The Labute approximate surface area is 164 Å². The molecular formula is C21H25FN4O2. The lowest BCUT2D eigenvalue weighted by Gasteiger charge is -2.36. The first-order valence-electron chi connectivity index (χ1n) is 9.44. The highest BCUT2D eigenvalue weighted by Gasteiger charge is 2.18. The number of halogens is 1. The minimum Gasteiger partial charge on any atom is -0.369 e. The van der Waals surface area contributed by atoms with Crippen LogP contribution in [0.2, 0.25) is 0 Å². The summed E-state index contributed by atoms with van der Waals surface area (Å²) in [5, 5.41) is 5.19. The van der Waals surface area contributed by atoms with Crippen LogP contribution >= 0.6 is 0 Å². The van der Waals surface area contributed by atoms with Crippen LogP contribution in [0.1, 0.15) is 5.56 Å². The van der Waals surface area contributed by atoms with Gasteiger partial charge in [-0.3, -0.25) is 14.5 Å². The molecule has 0 aliphatic carbocycles. The number of nitrogens with zero attached hydrogens (tertiary/aromatic N) is 2. The normalized spacial score (nSPS) is 14.5. The quantitative estimate of drug-likeness (QED) is 0.739. The van der Waals surface area contributed by atoms with Crippen LogP contribution in [0.4, 0.5) is 10.1 Å². The summed E-state index contributed by atoms with van der Waals surface area (Å²) < 4.78 is 12.9. The van der Waals surface area contributed by atoms with Gasteiger partial charge in [0.25, 0.3) is 0 Å². The third-order valence-electron chi connectivity index (χ3n) is 4.78. The van der Waals surface area contributed by atoms with Crippen molar-refractivity contribution in [3.8, 4) is 0 Å². The molecule has 2 aromatic carbocycles. The van der Waals surface area contributed by atoms with E-state index in [1.54, 1.807) is 12.1 Å². The highest BCUT2D eigenvalue weighted by Crippen LogP contribution is 2.15. The zero-order valence-corrected chi connectivity index (χ0v) is 15.7. The molecule has 1 heterocycles.